The molecular formula is C11H8N6O. The fraction of sp³-hybridized carbons (Fsp3) is 0.0909. The number of carbonyl (C=O) groups excluding carboxylic acids is 1. The minimum Gasteiger partial charge on any atom is -0.324 e. The van der Waals surface area contributed by atoms with Crippen LogP contribution in [0, 0.1) is 11.3 Å². The lowest BCUT2D eigenvalue weighted by Crippen LogP contribution is -2.19. The van der Waals surface area contributed by atoms with Gasteiger partial charge >= 0.3 is 0 Å². The van der Waals surface area contributed by atoms with Crippen molar-refractivity contribution in [2.75, 3.05) is 5.32 Å². The number of carbonyl (C=O) groups is 1. The molecule has 0 bridgehead atoms. The second-order valence-corrected chi connectivity index (χ2v) is 3.86. The van der Waals surface area contributed by atoms with Crippen LogP contribution in [0.4, 0.5) is 5.69 Å². The Bertz CT molecular complexity index is 683. The second kappa shape index (κ2) is 3.65. The first-order chi connectivity index (χ1) is 8.69. The maximum Gasteiger partial charge on any atom is 0.252 e. The van der Waals surface area contributed by atoms with Crippen LogP contribution in [0.1, 0.15) is 17.4 Å². The van der Waals surface area contributed by atoms with Gasteiger partial charge in [0.25, 0.3) is 5.82 Å². The first-order valence-corrected chi connectivity index (χ1v) is 5.21. The first kappa shape index (κ1) is 10.4. The van der Waals surface area contributed by atoms with Gasteiger partial charge in [-0.25, -0.2) is 9.67 Å². The van der Waals surface area contributed by atoms with E-state index in [0.717, 1.165) is 5.56 Å². The third kappa shape index (κ3) is 1.44. The first-order valence-electron chi connectivity index (χ1n) is 5.21. The van der Waals surface area contributed by atoms with Crippen molar-refractivity contribution in [3.8, 4) is 11.8 Å². The molecule has 0 saturated carbocycles. The number of amides is 1. The number of aromatic nitrogens is 3. The van der Waals surface area contributed by atoms with Crippen LogP contribution in [0.5, 0.6) is 0 Å². The Hall–Kier alpha value is -2.72. The van der Waals surface area contributed by atoms with Gasteiger partial charge in [0.05, 0.1) is 5.69 Å². The molecule has 0 aliphatic carbocycles. The molecule has 1 atom stereocenters. The molecule has 1 aromatic heterocycles. The highest BCUT2D eigenvalue weighted by atomic mass is 16.2. The molecule has 3 N–H and O–H groups in total. The van der Waals surface area contributed by atoms with E-state index in [1.807, 2.05) is 6.07 Å². The predicted octanol–water partition coefficient (Wildman–Crippen LogP) is 0.0909. The molecule has 88 valence electrons. The van der Waals surface area contributed by atoms with Crippen LogP contribution in [-0.4, -0.2) is 20.7 Å². The molecule has 7 nitrogen and oxygen atoms in total. The second-order valence-electron chi connectivity index (χ2n) is 3.86. The summed E-state index contributed by atoms with van der Waals surface area (Å²) in [6.45, 7) is 0. The average Bonchev–Trinajstić information content (AvgIpc) is 2.95. The van der Waals surface area contributed by atoms with E-state index in [1.165, 1.54) is 11.0 Å². The van der Waals surface area contributed by atoms with Gasteiger partial charge in [0, 0.05) is 11.3 Å². The van der Waals surface area contributed by atoms with Crippen molar-refractivity contribution in [1.29, 1.82) is 5.26 Å². The SMILES string of the molecule is N#Cc1ncn(-c2ccc3c(c2)NC(=O)C3N)n1. The van der Waals surface area contributed by atoms with Crippen molar-refractivity contribution in [1.82, 2.24) is 14.8 Å². The summed E-state index contributed by atoms with van der Waals surface area (Å²) in [7, 11) is 0. The van der Waals surface area contributed by atoms with E-state index < -0.39 is 6.04 Å². The number of nitrogens with one attached hydrogen (secondary N) is 1. The molecule has 1 unspecified atom stereocenters. The van der Waals surface area contributed by atoms with Crippen molar-refractivity contribution in [2.24, 2.45) is 5.73 Å². The summed E-state index contributed by atoms with van der Waals surface area (Å²) in [6.07, 6.45) is 1.44. The number of anilines is 1. The van der Waals surface area contributed by atoms with Crippen LogP contribution in [0.15, 0.2) is 24.5 Å². The minimum absolute atomic E-state index is 0.0937. The van der Waals surface area contributed by atoms with E-state index >= 15 is 0 Å². The Morgan fingerprint density at radius 2 is 2.33 bits per heavy atom. The maximum atomic E-state index is 11.4. The molecule has 7 heteroatoms. The van der Waals surface area contributed by atoms with Gasteiger partial charge in [0.2, 0.25) is 5.91 Å². The summed E-state index contributed by atoms with van der Waals surface area (Å²) in [5, 5.41) is 15.3. The average molecular weight is 240 g/mol. The van der Waals surface area contributed by atoms with Gasteiger partial charge in [-0.1, -0.05) is 6.07 Å². The van der Waals surface area contributed by atoms with E-state index in [-0.39, 0.29) is 11.7 Å². The molecule has 1 aliphatic rings. The third-order valence-electron chi connectivity index (χ3n) is 2.77. The zero-order chi connectivity index (χ0) is 12.7. The molecule has 0 saturated heterocycles. The van der Waals surface area contributed by atoms with Crippen LogP contribution < -0.4 is 11.1 Å². The quantitative estimate of drug-likeness (QED) is 0.734. The number of nitrogens with zero attached hydrogens (tertiary/aromatic N) is 4. The van der Waals surface area contributed by atoms with E-state index in [0.29, 0.717) is 11.4 Å². The van der Waals surface area contributed by atoms with Crippen LogP contribution >= 0.6 is 0 Å². The van der Waals surface area contributed by atoms with Crippen molar-refractivity contribution < 1.29 is 4.79 Å². The number of fused-ring (bicyclic) bond motifs is 1. The molecule has 0 spiro atoms. The molecule has 3 rings (SSSR count). The fourth-order valence-corrected chi connectivity index (χ4v) is 1.86. The molecule has 0 radical (unpaired) electrons. The Morgan fingerprint density at radius 1 is 1.50 bits per heavy atom. The highest BCUT2D eigenvalue weighted by Crippen LogP contribution is 2.30. The summed E-state index contributed by atoms with van der Waals surface area (Å²) in [4.78, 5) is 15.2. The molecule has 1 aliphatic heterocycles. The molecule has 2 heterocycles. The molecule has 2 aromatic rings. The van der Waals surface area contributed by atoms with Crippen molar-refractivity contribution in [3.05, 3.63) is 35.9 Å². The van der Waals surface area contributed by atoms with Crippen molar-refractivity contribution >= 4 is 11.6 Å². The zero-order valence-electron chi connectivity index (χ0n) is 9.16. The summed E-state index contributed by atoms with van der Waals surface area (Å²) >= 11 is 0. The number of hydrogen-bond donors (Lipinski definition) is 2. The van der Waals surface area contributed by atoms with E-state index in [4.69, 9.17) is 11.0 Å². The Kier molecular flexibility index (Phi) is 2.11. The number of rotatable bonds is 1. The lowest BCUT2D eigenvalue weighted by molar-refractivity contribution is -0.116. The zero-order valence-corrected chi connectivity index (χ0v) is 9.16. The molecule has 0 fully saturated rings. The standard InChI is InChI=1S/C11H8N6O/c12-4-9-14-5-17(16-9)6-1-2-7-8(3-6)15-11(18)10(7)13/h1-3,5,10H,13H2,(H,15,18). The van der Waals surface area contributed by atoms with E-state index in [9.17, 15) is 4.79 Å². The van der Waals surface area contributed by atoms with Gasteiger partial charge in [-0.2, -0.15) is 5.26 Å². The Morgan fingerprint density at radius 3 is 3.06 bits per heavy atom. The van der Waals surface area contributed by atoms with Crippen molar-refractivity contribution in [3.63, 3.8) is 0 Å². The van der Waals surface area contributed by atoms with E-state index in [1.54, 1.807) is 18.2 Å². The van der Waals surface area contributed by atoms with Gasteiger partial charge in [-0.05, 0) is 12.1 Å². The number of nitriles is 1. The third-order valence-corrected chi connectivity index (χ3v) is 2.77. The van der Waals surface area contributed by atoms with Gasteiger partial charge in [0.1, 0.15) is 18.4 Å². The topological polar surface area (TPSA) is 110 Å². The highest BCUT2D eigenvalue weighted by Gasteiger charge is 2.27. The largest absolute Gasteiger partial charge is 0.324 e. The normalized spacial score (nSPS) is 17.1. The van der Waals surface area contributed by atoms with Gasteiger partial charge in [0.15, 0.2) is 0 Å². The summed E-state index contributed by atoms with van der Waals surface area (Å²) in [5.74, 6) is -0.130. The number of benzene rings is 1. The molecule has 18 heavy (non-hydrogen) atoms. The summed E-state index contributed by atoms with van der Waals surface area (Å²) < 4.78 is 1.47. The number of hydrogen-bond acceptors (Lipinski definition) is 5. The monoisotopic (exact) mass is 240 g/mol. The smallest absolute Gasteiger partial charge is 0.252 e. The van der Waals surface area contributed by atoms with Crippen LogP contribution in [0.3, 0.4) is 0 Å². The Labute approximate surface area is 102 Å². The summed E-state index contributed by atoms with van der Waals surface area (Å²) in [5.41, 5.74) is 7.84. The predicted molar refractivity (Wildman–Crippen MR) is 61.6 cm³/mol. The fourth-order valence-electron chi connectivity index (χ4n) is 1.86. The van der Waals surface area contributed by atoms with Crippen LogP contribution in [0.25, 0.3) is 5.69 Å². The van der Waals surface area contributed by atoms with Gasteiger partial charge < -0.3 is 11.1 Å². The highest BCUT2D eigenvalue weighted by molar-refractivity contribution is 6.02. The maximum absolute atomic E-state index is 11.4. The molecule has 1 amide bonds. The van der Waals surface area contributed by atoms with Crippen LogP contribution in [0.2, 0.25) is 0 Å². The lowest BCUT2D eigenvalue weighted by Gasteiger charge is -2.04. The number of nitrogens with two attached hydrogens (primary N) is 1. The van der Waals surface area contributed by atoms with Crippen LogP contribution in [-0.2, 0) is 4.79 Å². The van der Waals surface area contributed by atoms with Gasteiger partial charge in [-0.3, -0.25) is 4.79 Å². The van der Waals surface area contributed by atoms with E-state index in [2.05, 4.69) is 15.4 Å². The van der Waals surface area contributed by atoms with Gasteiger partial charge in [-0.15, -0.1) is 5.10 Å². The van der Waals surface area contributed by atoms with Crippen molar-refractivity contribution in [2.45, 2.75) is 6.04 Å². The lowest BCUT2D eigenvalue weighted by atomic mass is 10.1. The molecular weight excluding hydrogens is 232 g/mol. The molecule has 1 aromatic carbocycles. The summed E-state index contributed by atoms with van der Waals surface area (Å²) in [6, 6.07) is 6.51. The minimum atomic E-state index is -0.625. The Balaban J connectivity index is 2.04.